The minimum Gasteiger partial charge on any atom is -0.483 e. The normalized spacial score (nSPS) is 11.5. The van der Waals surface area contributed by atoms with Crippen LogP contribution in [0.2, 0.25) is 0 Å². The van der Waals surface area contributed by atoms with E-state index in [1.807, 2.05) is 55.5 Å². The number of carbonyl (C=O) groups excluding carboxylic acids is 2. The third kappa shape index (κ3) is 6.18. The molecule has 0 bridgehead atoms. The molecule has 0 aromatic heterocycles. The third-order valence-corrected chi connectivity index (χ3v) is 5.48. The maximum atomic E-state index is 12.8. The summed E-state index contributed by atoms with van der Waals surface area (Å²) in [6, 6.07) is 22.2. The Morgan fingerprint density at radius 1 is 1.00 bits per heavy atom. The minimum atomic E-state index is -0.345. The molecule has 0 unspecified atom stereocenters. The van der Waals surface area contributed by atoms with Gasteiger partial charge in [0.1, 0.15) is 5.75 Å². The van der Waals surface area contributed by atoms with Gasteiger partial charge in [0.25, 0.3) is 11.8 Å². The predicted octanol–water partition coefficient (Wildman–Crippen LogP) is 5.52. The molecule has 0 aliphatic heterocycles. The molecule has 3 aromatic rings. The molecule has 0 spiro atoms. The second-order valence-corrected chi connectivity index (χ2v) is 7.96. The van der Waals surface area contributed by atoms with Crippen LogP contribution in [0.3, 0.4) is 0 Å². The van der Waals surface area contributed by atoms with E-state index < -0.39 is 0 Å². The summed E-state index contributed by atoms with van der Waals surface area (Å²) in [5, 5.41) is 5.75. The number of aryl methyl sites for hydroxylation is 1. The lowest BCUT2D eigenvalue weighted by Gasteiger charge is -2.16. The van der Waals surface area contributed by atoms with E-state index in [9.17, 15) is 9.59 Å². The van der Waals surface area contributed by atoms with Gasteiger partial charge in [-0.15, -0.1) is 0 Å². The Morgan fingerprint density at radius 3 is 2.42 bits per heavy atom. The number of ether oxygens (including phenoxy) is 1. The van der Waals surface area contributed by atoms with Gasteiger partial charge in [0.15, 0.2) is 6.61 Å². The van der Waals surface area contributed by atoms with E-state index in [1.165, 1.54) is 5.56 Å². The van der Waals surface area contributed by atoms with Crippen molar-refractivity contribution < 1.29 is 14.3 Å². The van der Waals surface area contributed by atoms with Crippen LogP contribution in [0, 0.1) is 0 Å². The zero-order chi connectivity index (χ0) is 22.2. The smallest absolute Gasteiger partial charge is 0.262 e. The highest BCUT2D eigenvalue weighted by Gasteiger charge is 2.16. The van der Waals surface area contributed by atoms with Crippen LogP contribution in [0.1, 0.15) is 41.4 Å². The van der Waals surface area contributed by atoms with E-state index in [2.05, 4.69) is 33.5 Å². The number of anilines is 1. The zero-order valence-electron chi connectivity index (χ0n) is 17.5. The van der Waals surface area contributed by atoms with Crippen molar-refractivity contribution >= 4 is 33.4 Å². The van der Waals surface area contributed by atoms with Crippen molar-refractivity contribution in [2.45, 2.75) is 26.3 Å². The van der Waals surface area contributed by atoms with E-state index in [-0.39, 0.29) is 24.5 Å². The first-order chi connectivity index (χ1) is 15.0. The van der Waals surface area contributed by atoms with Crippen LogP contribution in [0.5, 0.6) is 5.75 Å². The molecule has 0 saturated carbocycles. The highest BCUT2D eigenvalue weighted by molar-refractivity contribution is 9.10. The summed E-state index contributed by atoms with van der Waals surface area (Å²) in [5.41, 5.74) is 3.01. The third-order valence-electron chi connectivity index (χ3n) is 4.86. The van der Waals surface area contributed by atoms with Crippen molar-refractivity contribution in [2.24, 2.45) is 0 Å². The number of halogens is 1. The Balaban J connectivity index is 1.63. The van der Waals surface area contributed by atoms with Gasteiger partial charge in [-0.2, -0.15) is 0 Å². The summed E-state index contributed by atoms with van der Waals surface area (Å²) in [7, 11) is 0. The number of hydrogen-bond acceptors (Lipinski definition) is 3. The second-order valence-electron chi connectivity index (χ2n) is 7.11. The standard InChI is InChI=1S/C25H25BrN2O3/c1-3-18-13-14-23(21(26)15-18)31-16-24(29)28-22-12-8-7-11-20(22)25(30)27-17(2)19-9-5-4-6-10-19/h4-15,17H,3,16H2,1-2H3,(H,27,30)(H,28,29)/t17-/m0/s1. The quantitative estimate of drug-likeness (QED) is 0.445. The van der Waals surface area contributed by atoms with Crippen molar-refractivity contribution in [1.82, 2.24) is 5.32 Å². The number of amides is 2. The highest BCUT2D eigenvalue weighted by Crippen LogP contribution is 2.26. The molecule has 5 nitrogen and oxygen atoms in total. The Labute approximate surface area is 191 Å². The van der Waals surface area contributed by atoms with Crippen LogP contribution in [0.15, 0.2) is 77.3 Å². The molecule has 0 fully saturated rings. The van der Waals surface area contributed by atoms with Gasteiger partial charge in [-0.25, -0.2) is 0 Å². The maximum absolute atomic E-state index is 12.8. The van der Waals surface area contributed by atoms with E-state index >= 15 is 0 Å². The van der Waals surface area contributed by atoms with Gasteiger partial charge in [0.2, 0.25) is 0 Å². The Kier molecular flexibility index (Phi) is 7.84. The van der Waals surface area contributed by atoms with Crippen molar-refractivity contribution in [2.75, 3.05) is 11.9 Å². The molecule has 0 aliphatic carbocycles. The fourth-order valence-corrected chi connectivity index (χ4v) is 3.64. The molecule has 3 rings (SSSR count). The molecule has 0 aliphatic rings. The van der Waals surface area contributed by atoms with Crippen LogP contribution in [-0.4, -0.2) is 18.4 Å². The molecular formula is C25H25BrN2O3. The van der Waals surface area contributed by atoms with Crippen molar-refractivity contribution in [3.05, 3.63) is 94.0 Å². The van der Waals surface area contributed by atoms with Crippen LogP contribution in [-0.2, 0) is 11.2 Å². The van der Waals surface area contributed by atoms with Gasteiger partial charge in [0, 0.05) is 0 Å². The molecular weight excluding hydrogens is 456 g/mol. The van der Waals surface area contributed by atoms with E-state index in [4.69, 9.17) is 4.74 Å². The van der Waals surface area contributed by atoms with Crippen LogP contribution < -0.4 is 15.4 Å². The van der Waals surface area contributed by atoms with Crippen LogP contribution >= 0.6 is 15.9 Å². The van der Waals surface area contributed by atoms with Gasteiger partial charge < -0.3 is 15.4 Å². The zero-order valence-corrected chi connectivity index (χ0v) is 19.1. The molecule has 2 amide bonds. The number of hydrogen-bond donors (Lipinski definition) is 2. The lowest BCUT2D eigenvalue weighted by molar-refractivity contribution is -0.118. The largest absolute Gasteiger partial charge is 0.483 e. The van der Waals surface area contributed by atoms with Crippen molar-refractivity contribution in [3.63, 3.8) is 0 Å². The minimum absolute atomic E-state index is 0.163. The summed E-state index contributed by atoms with van der Waals surface area (Å²) < 4.78 is 6.43. The molecule has 1 atom stereocenters. The van der Waals surface area contributed by atoms with E-state index in [1.54, 1.807) is 24.3 Å². The second kappa shape index (κ2) is 10.8. The Morgan fingerprint density at radius 2 is 1.71 bits per heavy atom. The number of para-hydroxylation sites is 1. The molecule has 0 radical (unpaired) electrons. The lowest BCUT2D eigenvalue weighted by Crippen LogP contribution is -2.28. The molecule has 160 valence electrons. The lowest BCUT2D eigenvalue weighted by atomic mass is 10.1. The summed E-state index contributed by atoms with van der Waals surface area (Å²) in [6.07, 6.45) is 0.918. The van der Waals surface area contributed by atoms with Gasteiger partial charge in [0.05, 0.1) is 21.8 Å². The maximum Gasteiger partial charge on any atom is 0.262 e. The van der Waals surface area contributed by atoms with Gasteiger partial charge in [-0.05, 0) is 64.7 Å². The summed E-state index contributed by atoms with van der Waals surface area (Å²) in [4.78, 5) is 25.3. The molecule has 0 saturated heterocycles. The van der Waals surface area contributed by atoms with Gasteiger partial charge in [-0.1, -0.05) is 55.5 Å². The van der Waals surface area contributed by atoms with Crippen molar-refractivity contribution in [3.8, 4) is 5.75 Å². The first-order valence-corrected chi connectivity index (χ1v) is 10.9. The van der Waals surface area contributed by atoms with Crippen LogP contribution in [0.4, 0.5) is 5.69 Å². The average molecular weight is 481 g/mol. The SMILES string of the molecule is CCc1ccc(OCC(=O)Nc2ccccc2C(=O)N[C@@H](C)c2ccccc2)c(Br)c1. The number of benzene rings is 3. The first kappa shape index (κ1) is 22.6. The van der Waals surface area contributed by atoms with E-state index in [0.717, 1.165) is 16.5 Å². The molecule has 3 aromatic carbocycles. The number of rotatable bonds is 8. The molecule has 31 heavy (non-hydrogen) atoms. The summed E-state index contributed by atoms with van der Waals surface area (Å²) in [5.74, 6) is -0.0102. The first-order valence-electron chi connectivity index (χ1n) is 10.1. The topological polar surface area (TPSA) is 67.4 Å². The fourth-order valence-electron chi connectivity index (χ4n) is 3.10. The molecule has 0 heterocycles. The van der Waals surface area contributed by atoms with Gasteiger partial charge in [-0.3, -0.25) is 9.59 Å². The Bertz CT molecular complexity index is 1050. The van der Waals surface area contributed by atoms with Crippen molar-refractivity contribution in [1.29, 1.82) is 0 Å². The number of carbonyl (C=O) groups is 2. The number of nitrogens with one attached hydrogen (secondary N) is 2. The molecule has 6 heteroatoms. The van der Waals surface area contributed by atoms with Crippen LogP contribution in [0.25, 0.3) is 0 Å². The molecule has 2 N–H and O–H groups in total. The fraction of sp³-hybridized carbons (Fsp3) is 0.200. The predicted molar refractivity (Wildman–Crippen MR) is 126 cm³/mol. The summed E-state index contributed by atoms with van der Waals surface area (Å²) >= 11 is 3.47. The summed E-state index contributed by atoms with van der Waals surface area (Å²) in [6.45, 7) is 3.83. The van der Waals surface area contributed by atoms with Gasteiger partial charge >= 0.3 is 0 Å². The average Bonchev–Trinajstić information content (AvgIpc) is 2.79. The highest BCUT2D eigenvalue weighted by atomic mass is 79.9. The Hall–Kier alpha value is -3.12. The van der Waals surface area contributed by atoms with E-state index in [0.29, 0.717) is 17.0 Å². The monoisotopic (exact) mass is 480 g/mol.